The van der Waals surface area contributed by atoms with E-state index < -0.39 is 0 Å². The molecule has 0 saturated heterocycles. The summed E-state index contributed by atoms with van der Waals surface area (Å²) in [6.07, 6.45) is 2.15. The Morgan fingerprint density at radius 2 is 1.84 bits per heavy atom. The van der Waals surface area contributed by atoms with Crippen LogP contribution in [-0.4, -0.2) is 16.0 Å². The summed E-state index contributed by atoms with van der Waals surface area (Å²) in [5.41, 5.74) is 2.05. The van der Waals surface area contributed by atoms with Crippen LogP contribution in [-0.2, 0) is 17.8 Å². The minimum absolute atomic E-state index is 0.0258. The summed E-state index contributed by atoms with van der Waals surface area (Å²) in [7, 11) is 0. The molecule has 0 bridgehead atoms. The summed E-state index contributed by atoms with van der Waals surface area (Å²) in [5.74, 6) is 0.827. The number of aryl methyl sites for hydroxylation is 1. The third kappa shape index (κ3) is 5.16. The van der Waals surface area contributed by atoms with E-state index in [1.807, 2.05) is 30.3 Å². The number of rotatable bonds is 7. The molecule has 0 aliphatic heterocycles. The molecule has 2 aromatic carbocycles. The third-order valence-corrected chi connectivity index (χ3v) is 3.97. The van der Waals surface area contributed by atoms with Crippen molar-refractivity contribution in [3.05, 3.63) is 71.1 Å². The van der Waals surface area contributed by atoms with Crippen LogP contribution in [0.15, 0.2) is 59.1 Å². The first-order valence-electron chi connectivity index (χ1n) is 8.10. The zero-order chi connectivity index (χ0) is 17.5. The lowest BCUT2D eigenvalue weighted by Crippen LogP contribution is -2.22. The monoisotopic (exact) mass is 355 g/mol. The van der Waals surface area contributed by atoms with Crippen LogP contribution in [0.5, 0.6) is 0 Å². The molecule has 0 aliphatic carbocycles. The first-order chi connectivity index (χ1) is 12.2. The van der Waals surface area contributed by atoms with Crippen LogP contribution in [0.4, 0.5) is 0 Å². The Bertz CT molecular complexity index is 816. The zero-order valence-corrected chi connectivity index (χ0v) is 14.4. The van der Waals surface area contributed by atoms with Crippen molar-refractivity contribution in [1.82, 2.24) is 15.5 Å². The van der Waals surface area contributed by atoms with Crippen LogP contribution >= 0.6 is 11.6 Å². The number of benzene rings is 2. The maximum atomic E-state index is 11.9. The topological polar surface area (TPSA) is 68.0 Å². The van der Waals surface area contributed by atoms with Crippen LogP contribution in [0.1, 0.15) is 24.3 Å². The van der Waals surface area contributed by atoms with E-state index in [-0.39, 0.29) is 12.5 Å². The molecule has 25 heavy (non-hydrogen) atoms. The van der Waals surface area contributed by atoms with Crippen LogP contribution in [0.2, 0.25) is 5.02 Å². The van der Waals surface area contributed by atoms with Gasteiger partial charge in [-0.15, -0.1) is 0 Å². The molecular formula is C19H18ClN3O2. The molecule has 6 heteroatoms. The molecule has 3 aromatic rings. The molecule has 1 aromatic heterocycles. The summed E-state index contributed by atoms with van der Waals surface area (Å²) in [6, 6.07) is 17.3. The molecule has 1 N–H and O–H groups in total. The van der Waals surface area contributed by atoms with Crippen molar-refractivity contribution in [2.45, 2.75) is 25.8 Å². The van der Waals surface area contributed by atoms with E-state index in [2.05, 4.69) is 27.6 Å². The Balaban J connectivity index is 1.44. The van der Waals surface area contributed by atoms with Gasteiger partial charge in [0.1, 0.15) is 0 Å². The van der Waals surface area contributed by atoms with Crippen LogP contribution in [0.25, 0.3) is 11.4 Å². The predicted octanol–water partition coefficient (Wildman–Crippen LogP) is 4.03. The molecular weight excluding hydrogens is 338 g/mol. The van der Waals surface area contributed by atoms with Crippen molar-refractivity contribution < 1.29 is 9.32 Å². The summed E-state index contributed by atoms with van der Waals surface area (Å²) < 4.78 is 5.16. The van der Waals surface area contributed by atoms with Gasteiger partial charge in [-0.2, -0.15) is 4.98 Å². The van der Waals surface area contributed by atoms with E-state index >= 15 is 0 Å². The molecule has 1 heterocycles. The van der Waals surface area contributed by atoms with Crippen molar-refractivity contribution in [2.24, 2.45) is 0 Å². The first-order valence-corrected chi connectivity index (χ1v) is 8.47. The van der Waals surface area contributed by atoms with Gasteiger partial charge in [-0.3, -0.25) is 4.79 Å². The van der Waals surface area contributed by atoms with Gasteiger partial charge in [-0.05, 0) is 42.7 Å². The second kappa shape index (κ2) is 8.44. The fourth-order valence-corrected chi connectivity index (χ4v) is 2.53. The summed E-state index contributed by atoms with van der Waals surface area (Å²) in [5, 5.41) is 7.37. The van der Waals surface area contributed by atoms with Gasteiger partial charge < -0.3 is 9.84 Å². The van der Waals surface area contributed by atoms with Gasteiger partial charge in [0.2, 0.25) is 17.6 Å². The fraction of sp³-hybridized carbons (Fsp3) is 0.211. The molecule has 0 aliphatic rings. The Hall–Kier alpha value is -2.66. The van der Waals surface area contributed by atoms with Crippen molar-refractivity contribution in [3.63, 3.8) is 0 Å². The van der Waals surface area contributed by atoms with E-state index in [0.717, 1.165) is 18.4 Å². The molecule has 0 atom stereocenters. The maximum absolute atomic E-state index is 11.9. The van der Waals surface area contributed by atoms with E-state index in [1.54, 1.807) is 12.1 Å². The van der Waals surface area contributed by atoms with Crippen LogP contribution in [0.3, 0.4) is 0 Å². The van der Waals surface area contributed by atoms with Gasteiger partial charge in [0, 0.05) is 17.0 Å². The molecule has 5 nitrogen and oxygen atoms in total. The summed E-state index contributed by atoms with van der Waals surface area (Å²) in [4.78, 5) is 16.2. The number of halogens is 1. The standard InChI is InChI=1S/C19H18ClN3O2/c20-16-11-9-15(10-12-16)19-22-18(25-23-19)13-21-17(24)8-4-7-14-5-2-1-3-6-14/h1-3,5-6,9-12H,4,7-8,13H2,(H,21,24). The number of aromatic nitrogens is 2. The lowest BCUT2D eigenvalue weighted by atomic mass is 10.1. The van der Waals surface area contributed by atoms with Crippen molar-refractivity contribution >= 4 is 17.5 Å². The fourth-order valence-electron chi connectivity index (χ4n) is 2.40. The molecule has 0 fully saturated rings. The van der Waals surface area contributed by atoms with E-state index in [1.165, 1.54) is 5.56 Å². The van der Waals surface area contributed by atoms with Crippen LogP contribution in [0, 0.1) is 0 Å². The van der Waals surface area contributed by atoms with E-state index in [4.69, 9.17) is 16.1 Å². The Labute approximate surface area is 151 Å². The van der Waals surface area contributed by atoms with Crippen molar-refractivity contribution in [2.75, 3.05) is 0 Å². The minimum Gasteiger partial charge on any atom is -0.347 e. The molecule has 3 rings (SSSR count). The van der Waals surface area contributed by atoms with E-state index in [0.29, 0.717) is 23.2 Å². The summed E-state index contributed by atoms with van der Waals surface area (Å²) in [6.45, 7) is 0.227. The molecule has 0 spiro atoms. The van der Waals surface area contributed by atoms with Crippen LogP contribution < -0.4 is 5.32 Å². The highest BCUT2D eigenvalue weighted by atomic mass is 35.5. The number of nitrogens with zero attached hydrogens (tertiary/aromatic N) is 2. The Kier molecular flexibility index (Phi) is 5.80. The normalized spacial score (nSPS) is 10.6. The van der Waals surface area contributed by atoms with Gasteiger partial charge in [-0.25, -0.2) is 0 Å². The number of carbonyl (C=O) groups excluding carboxylic acids is 1. The van der Waals surface area contributed by atoms with Crippen molar-refractivity contribution in [3.8, 4) is 11.4 Å². The Morgan fingerprint density at radius 1 is 1.08 bits per heavy atom. The average molecular weight is 356 g/mol. The first kappa shape index (κ1) is 17.2. The lowest BCUT2D eigenvalue weighted by Gasteiger charge is -2.02. The van der Waals surface area contributed by atoms with Gasteiger partial charge in [0.15, 0.2) is 0 Å². The van der Waals surface area contributed by atoms with Gasteiger partial charge in [0.25, 0.3) is 0 Å². The molecule has 0 radical (unpaired) electrons. The Morgan fingerprint density at radius 3 is 2.60 bits per heavy atom. The quantitative estimate of drug-likeness (QED) is 0.694. The van der Waals surface area contributed by atoms with Gasteiger partial charge in [0.05, 0.1) is 6.54 Å². The highest BCUT2D eigenvalue weighted by Crippen LogP contribution is 2.18. The second-order valence-corrected chi connectivity index (χ2v) is 6.07. The third-order valence-electron chi connectivity index (χ3n) is 3.72. The number of amides is 1. The molecule has 1 amide bonds. The second-order valence-electron chi connectivity index (χ2n) is 5.63. The lowest BCUT2D eigenvalue weighted by molar-refractivity contribution is -0.121. The molecule has 128 valence electrons. The number of hydrogen-bond acceptors (Lipinski definition) is 4. The highest BCUT2D eigenvalue weighted by Gasteiger charge is 2.10. The highest BCUT2D eigenvalue weighted by molar-refractivity contribution is 6.30. The predicted molar refractivity (Wildman–Crippen MR) is 96.0 cm³/mol. The SMILES string of the molecule is O=C(CCCc1ccccc1)NCc1nc(-c2ccc(Cl)cc2)no1. The van der Waals surface area contributed by atoms with Gasteiger partial charge in [-0.1, -0.05) is 47.1 Å². The van der Waals surface area contributed by atoms with Gasteiger partial charge >= 0.3 is 0 Å². The van der Waals surface area contributed by atoms with Crippen molar-refractivity contribution in [1.29, 1.82) is 0 Å². The largest absolute Gasteiger partial charge is 0.347 e. The molecule has 0 saturated carbocycles. The average Bonchev–Trinajstić information content (AvgIpc) is 3.10. The maximum Gasteiger partial charge on any atom is 0.246 e. The minimum atomic E-state index is -0.0258. The summed E-state index contributed by atoms with van der Waals surface area (Å²) >= 11 is 5.86. The molecule has 0 unspecified atom stereocenters. The van der Waals surface area contributed by atoms with E-state index in [9.17, 15) is 4.79 Å². The zero-order valence-electron chi connectivity index (χ0n) is 13.6. The number of nitrogens with one attached hydrogen (secondary N) is 1. The number of hydrogen-bond donors (Lipinski definition) is 1. The smallest absolute Gasteiger partial charge is 0.246 e. The number of carbonyl (C=O) groups is 1.